The van der Waals surface area contributed by atoms with Crippen LogP contribution in [-0.2, 0) is 9.53 Å². The van der Waals surface area contributed by atoms with E-state index in [0.717, 1.165) is 12.1 Å². The van der Waals surface area contributed by atoms with Crippen LogP contribution in [0, 0.1) is 11.6 Å². The van der Waals surface area contributed by atoms with Gasteiger partial charge in [-0.1, -0.05) is 6.07 Å². The second-order valence-electron chi connectivity index (χ2n) is 5.19. The fraction of sp³-hybridized carbons (Fsp3) is 0.333. The fourth-order valence-electron chi connectivity index (χ4n) is 2.21. The van der Waals surface area contributed by atoms with Gasteiger partial charge in [-0.2, -0.15) is 0 Å². The van der Waals surface area contributed by atoms with E-state index < -0.39 is 23.6 Å². The fourth-order valence-corrected chi connectivity index (χ4v) is 2.48. The first-order valence-corrected chi connectivity index (χ1v) is 7.14. The van der Waals surface area contributed by atoms with Crippen LogP contribution in [0.15, 0.2) is 29.5 Å². The smallest absolute Gasteiger partial charge is 0.338 e. The molecule has 1 atom stereocenters. The average Bonchev–Trinajstić information content (AvgIpc) is 2.36. The van der Waals surface area contributed by atoms with E-state index in [1.165, 1.54) is 6.07 Å². The maximum atomic E-state index is 14.1. The van der Waals surface area contributed by atoms with Crippen molar-refractivity contribution < 1.29 is 18.3 Å². The molecule has 0 radical (unpaired) electrons. The van der Waals surface area contributed by atoms with Crippen LogP contribution >= 0.6 is 12.2 Å². The number of thiocarbonyl (C=S) groups is 1. The van der Waals surface area contributed by atoms with Gasteiger partial charge in [0.05, 0.1) is 17.7 Å². The SMILES string of the molecule is CC1=C(C(=O)OC(C)C)C(c2ccc(F)cc2F)NC(=S)N1. The molecule has 0 aromatic heterocycles. The molecule has 1 heterocycles. The minimum Gasteiger partial charge on any atom is -0.459 e. The first-order chi connectivity index (χ1) is 10.3. The minimum absolute atomic E-state index is 0.125. The summed E-state index contributed by atoms with van der Waals surface area (Å²) in [7, 11) is 0. The van der Waals surface area contributed by atoms with Crippen LogP contribution in [0.3, 0.4) is 0 Å². The lowest BCUT2D eigenvalue weighted by Gasteiger charge is -2.30. The number of hydrogen-bond acceptors (Lipinski definition) is 3. The number of esters is 1. The number of ether oxygens (including phenoxy) is 1. The van der Waals surface area contributed by atoms with Crippen LogP contribution in [0.1, 0.15) is 32.4 Å². The molecule has 1 aromatic carbocycles. The Hall–Kier alpha value is -2.02. The molecule has 0 aliphatic carbocycles. The molecule has 7 heteroatoms. The minimum atomic E-state index is -0.833. The van der Waals surface area contributed by atoms with E-state index in [9.17, 15) is 13.6 Å². The Balaban J connectivity index is 2.48. The lowest BCUT2D eigenvalue weighted by Crippen LogP contribution is -2.45. The highest BCUT2D eigenvalue weighted by Gasteiger charge is 2.33. The van der Waals surface area contributed by atoms with Crippen LogP contribution in [0.25, 0.3) is 0 Å². The van der Waals surface area contributed by atoms with Crippen molar-refractivity contribution in [1.82, 2.24) is 10.6 Å². The molecule has 0 amide bonds. The Labute approximate surface area is 132 Å². The van der Waals surface area contributed by atoms with E-state index in [4.69, 9.17) is 17.0 Å². The summed E-state index contributed by atoms with van der Waals surface area (Å²) in [5.41, 5.74) is 0.816. The number of halogens is 2. The summed E-state index contributed by atoms with van der Waals surface area (Å²) in [4.78, 5) is 12.3. The van der Waals surface area contributed by atoms with Crippen molar-refractivity contribution in [1.29, 1.82) is 0 Å². The van der Waals surface area contributed by atoms with Gasteiger partial charge in [0.2, 0.25) is 0 Å². The molecule has 1 aliphatic heterocycles. The third-order valence-corrected chi connectivity index (χ3v) is 3.33. The van der Waals surface area contributed by atoms with Gasteiger partial charge in [-0.3, -0.25) is 0 Å². The Morgan fingerprint density at radius 3 is 2.64 bits per heavy atom. The van der Waals surface area contributed by atoms with Crippen LogP contribution < -0.4 is 10.6 Å². The maximum Gasteiger partial charge on any atom is 0.338 e. The van der Waals surface area contributed by atoms with Crippen LogP contribution in [0.2, 0.25) is 0 Å². The number of nitrogens with one attached hydrogen (secondary N) is 2. The summed E-state index contributed by atoms with van der Waals surface area (Å²) >= 11 is 5.05. The van der Waals surface area contributed by atoms with Crippen LogP contribution in [0.5, 0.6) is 0 Å². The number of allylic oxidation sites excluding steroid dienone is 1. The van der Waals surface area contributed by atoms with Crippen molar-refractivity contribution in [2.24, 2.45) is 0 Å². The summed E-state index contributed by atoms with van der Waals surface area (Å²) < 4.78 is 32.4. The van der Waals surface area contributed by atoms with E-state index in [1.54, 1.807) is 20.8 Å². The summed E-state index contributed by atoms with van der Waals surface area (Å²) in [6.07, 6.45) is -0.319. The summed E-state index contributed by atoms with van der Waals surface area (Å²) in [5.74, 6) is -2.03. The number of benzene rings is 1. The second kappa shape index (κ2) is 6.39. The van der Waals surface area contributed by atoms with Gasteiger partial charge in [0.15, 0.2) is 5.11 Å². The van der Waals surface area contributed by atoms with Gasteiger partial charge in [0, 0.05) is 17.3 Å². The van der Waals surface area contributed by atoms with Gasteiger partial charge in [-0.05, 0) is 39.1 Å². The molecule has 2 N–H and O–H groups in total. The Morgan fingerprint density at radius 2 is 2.05 bits per heavy atom. The molecule has 4 nitrogen and oxygen atoms in total. The van der Waals surface area contributed by atoms with Gasteiger partial charge < -0.3 is 15.4 Å². The second-order valence-corrected chi connectivity index (χ2v) is 5.60. The molecular weight excluding hydrogens is 310 g/mol. The monoisotopic (exact) mass is 326 g/mol. The van der Waals surface area contributed by atoms with E-state index in [1.807, 2.05) is 0 Å². The van der Waals surface area contributed by atoms with Crippen molar-refractivity contribution in [2.75, 3.05) is 0 Å². The third kappa shape index (κ3) is 3.41. The van der Waals surface area contributed by atoms with Gasteiger partial charge >= 0.3 is 5.97 Å². The molecule has 1 unspecified atom stereocenters. The highest BCUT2D eigenvalue weighted by Crippen LogP contribution is 2.29. The Morgan fingerprint density at radius 1 is 1.36 bits per heavy atom. The van der Waals surface area contributed by atoms with E-state index in [-0.39, 0.29) is 22.4 Å². The average molecular weight is 326 g/mol. The molecule has 22 heavy (non-hydrogen) atoms. The van der Waals surface area contributed by atoms with E-state index in [0.29, 0.717) is 5.70 Å². The lowest BCUT2D eigenvalue weighted by atomic mass is 9.95. The first kappa shape index (κ1) is 16.4. The van der Waals surface area contributed by atoms with Crippen molar-refractivity contribution in [3.8, 4) is 0 Å². The molecular formula is C15H16F2N2O2S. The van der Waals surface area contributed by atoms with Gasteiger partial charge in [0.1, 0.15) is 11.6 Å². The maximum absolute atomic E-state index is 14.1. The number of carbonyl (C=O) groups is 1. The van der Waals surface area contributed by atoms with Crippen molar-refractivity contribution in [3.05, 3.63) is 46.7 Å². The van der Waals surface area contributed by atoms with Crippen molar-refractivity contribution in [3.63, 3.8) is 0 Å². The number of hydrogen-bond donors (Lipinski definition) is 2. The molecule has 1 aromatic rings. The van der Waals surface area contributed by atoms with E-state index >= 15 is 0 Å². The number of rotatable bonds is 3. The predicted molar refractivity (Wildman–Crippen MR) is 81.9 cm³/mol. The number of carbonyl (C=O) groups excluding carboxylic acids is 1. The van der Waals surface area contributed by atoms with Crippen LogP contribution in [0.4, 0.5) is 8.78 Å². The molecule has 0 saturated carbocycles. The van der Waals surface area contributed by atoms with Gasteiger partial charge in [-0.25, -0.2) is 13.6 Å². The molecule has 0 fully saturated rings. The van der Waals surface area contributed by atoms with Crippen LogP contribution in [-0.4, -0.2) is 17.2 Å². The standard InChI is InChI=1S/C15H16F2N2O2S/c1-7(2)21-14(20)12-8(3)18-15(22)19-13(12)10-5-4-9(16)6-11(10)17/h4-7,13H,1-3H3,(H2,18,19,22). The zero-order valence-electron chi connectivity index (χ0n) is 12.4. The van der Waals surface area contributed by atoms with E-state index in [2.05, 4.69) is 10.6 Å². The molecule has 0 saturated heterocycles. The Kier molecular flexibility index (Phi) is 4.75. The molecule has 0 bridgehead atoms. The largest absolute Gasteiger partial charge is 0.459 e. The normalized spacial score (nSPS) is 18.1. The Bertz CT molecular complexity index is 659. The summed E-state index contributed by atoms with van der Waals surface area (Å²) in [6.45, 7) is 5.09. The molecule has 2 rings (SSSR count). The quantitative estimate of drug-likeness (QED) is 0.661. The lowest BCUT2D eigenvalue weighted by molar-refractivity contribution is -0.143. The molecule has 1 aliphatic rings. The van der Waals surface area contributed by atoms with Gasteiger partial charge in [-0.15, -0.1) is 0 Å². The zero-order chi connectivity index (χ0) is 16.4. The highest BCUT2D eigenvalue weighted by molar-refractivity contribution is 7.80. The highest BCUT2D eigenvalue weighted by atomic mass is 32.1. The summed E-state index contributed by atoms with van der Waals surface area (Å²) in [5, 5.41) is 5.90. The van der Waals surface area contributed by atoms with Crippen molar-refractivity contribution in [2.45, 2.75) is 32.9 Å². The first-order valence-electron chi connectivity index (χ1n) is 6.73. The topological polar surface area (TPSA) is 50.4 Å². The molecule has 0 spiro atoms. The van der Waals surface area contributed by atoms with Gasteiger partial charge in [0.25, 0.3) is 0 Å². The summed E-state index contributed by atoms with van der Waals surface area (Å²) in [6, 6.07) is 2.35. The van der Waals surface area contributed by atoms with Crippen molar-refractivity contribution >= 4 is 23.3 Å². The zero-order valence-corrected chi connectivity index (χ0v) is 13.2. The third-order valence-electron chi connectivity index (χ3n) is 3.11. The predicted octanol–water partition coefficient (Wildman–Crippen LogP) is 2.71. The molecule has 118 valence electrons.